The predicted molar refractivity (Wildman–Crippen MR) is 40.2 cm³/mol. The first kappa shape index (κ1) is 8.02. The van der Waals surface area contributed by atoms with Crippen molar-refractivity contribution in [3.63, 3.8) is 0 Å². The molecule has 0 fully saturated rings. The highest BCUT2D eigenvalue weighted by molar-refractivity contribution is 7.73. The molecule has 0 atom stereocenters. The van der Waals surface area contributed by atoms with E-state index in [4.69, 9.17) is 5.84 Å². The van der Waals surface area contributed by atoms with Gasteiger partial charge in [-0.2, -0.15) is 4.41 Å². The lowest BCUT2D eigenvalue weighted by atomic mass is 10.8. The topological polar surface area (TPSA) is 81.2 Å². The van der Waals surface area contributed by atoms with Gasteiger partial charge in [0.15, 0.2) is 5.82 Å². The molecule has 2 N–H and O–H groups in total. The molecule has 62 valence electrons. The maximum atomic E-state index is 10.3. The number of hydrazine groups is 1. The number of anilines is 1. The smallest absolute Gasteiger partial charge is 0.239 e. The average Bonchev–Trinajstić information content (AvgIpc) is 2.34. The average molecular weight is 176 g/mol. The van der Waals surface area contributed by atoms with Crippen LogP contribution in [0.3, 0.4) is 0 Å². The van der Waals surface area contributed by atoms with Crippen LogP contribution in [-0.2, 0) is 17.9 Å². The molecule has 0 unspecified atom stereocenters. The second-order valence-electron chi connectivity index (χ2n) is 1.98. The lowest BCUT2D eigenvalue weighted by Crippen LogP contribution is -2.28. The lowest BCUT2D eigenvalue weighted by molar-refractivity contribution is 0.610. The second-order valence-corrected chi connectivity index (χ2v) is 2.89. The first-order valence-electron chi connectivity index (χ1n) is 2.78. The Kier molecular flexibility index (Phi) is 2.11. The van der Waals surface area contributed by atoms with Gasteiger partial charge in [0.05, 0.1) is 6.33 Å². The van der Waals surface area contributed by atoms with Crippen LogP contribution in [0.2, 0.25) is 0 Å². The van der Waals surface area contributed by atoms with E-state index in [1.165, 1.54) is 12.5 Å². The number of nitrogens with two attached hydrogens (primary N) is 1. The molecule has 0 aliphatic rings. The standard InChI is InChI=1S/C4H8N4O2S/c1-7-2-4(6-3-7)8(5)11(9)10/h2-3,11H,5H2,1H3. The van der Waals surface area contributed by atoms with Gasteiger partial charge >= 0.3 is 0 Å². The normalized spacial score (nSPS) is 10.5. The Labute approximate surface area is 65.3 Å². The number of hydrogen-bond donors (Lipinski definition) is 2. The first-order valence-corrected chi connectivity index (χ1v) is 3.91. The molecule has 1 heterocycles. The third-order valence-corrected chi connectivity index (χ3v) is 1.66. The highest BCUT2D eigenvalue weighted by Gasteiger charge is 2.04. The zero-order valence-corrected chi connectivity index (χ0v) is 6.73. The van der Waals surface area contributed by atoms with Crippen LogP contribution >= 0.6 is 0 Å². The number of aryl methyl sites for hydroxylation is 1. The molecule has 0 saturated heterocycles. The fourth-order valence-electron chi connectivity index (χ4n) is 0.601. The summed E-state index contributed by atoms with van der Waals surface area (Å²) in [5, 5.41) is 0. The SMILES string of the molecule is Cn1cnc(N(N)[SH](=O)=O)c1. The number of hydrogen-bond acceptors (Lipinski definition) is 4. The molecule has 6 nitrogen and oxygen atoms in total. The van der Waals surface area contributed by atoms with Gasteiger partial charge in [-0.1, -0.05) is 0 Å². The van der Waals surface area contributed by atoms with Crippen LogP contribution in [0.1, 0.15) is 0 Å². The van der Waals surface area contributed by atoms with E-state index in [9.17, 15) is 8.42 Å². The molecular weight excluding hydrogens is 168 g/mol. The first-order chi connectivity index (χ1) is 5.11. The monoisotopic (exact) mass is 176 g/mol. The molecule has 0 aliphatic carbocycles. The summed E-state index contributed by atoms with van der Waals surface area (Å²) in [4.78, 5) is 3.72. The van der Waals surface area contributed by atoms with Gasteiger partial charge in [0.1, 0.15) is 0 Å². The van der Waals surface area contributed by atoms with Crippen molar-refractivity contribution in [1.82, 2.24) is 9.55 Å². The largest absolute Gasteiger partial charge is 0.338 e. The molecule has 0 spiro atoms. The molecule has 0 saturated carbocycles. The Balaban J connectivity index is 2.93. The van der Waals surface area contributed by atoms with Gasteiger partial charge in [0.2, 0.25) is 10.9 Å². The second kappa shape index (κ2) is 2.89. The maximum absolute atomic E-state index is 10.3. The zero-order chi connectivity index (χ0) is 8.43. The lowest BCUT2D eigenvalue weighted by Gasteiger charge is -2.03. The minimum absolute atomic E-state index is 0.212. The van der Waals surface area contributed by atoms with Crippen LogP contribution in [0.5, 0.6) is 0 Å². The summed E-state index contributed by atoms with van der Waals surface area (Å²) in [6, 6.07) is 0. The van der Waals surface area contributed by atoms with Crippen LogP contribution in [0.4, 0.5) is 5.82 Å². The van der Waals surface area contributed by atoms with Crippen molar-refractivity contribution in [2.24, 2.45) is 12.9 Å². The number of imidazole rings is 1. The minimum atomic E-state index is -2.79. The molecule has 0 amide bonds. The van der Waals surface area contributed by atoms with Gasteiger partial charge in [-0.3, -0.25) is 0 Å². The van der Waals surface area contributed by atoms with Crippen molar-refractivity contribution in [3.8, 4) is 0 Å². The van der Waals surface area contributed by atoms with Crippen LogP contribution < -0.4 is 10.3 Å². The molecule has 1 aromatic heterocycles. The summed E-state index contributed by atoms with van der Waals surface area (Å²) in [6.07, 6.45) is 2.97. The zero-order valence-electron chi connectivity index (χ0n) is 5.84. The predicted octanol–water partition coefficient (Wildman–Crippen LogP) is -1.37. The summed E-state index contributed by atoms with van der Waals surface area (Å²) < 4.78 is 22.8. The van der Waals surface area contributed by atoms with E-state index in [1.54, 1.807) is 11.6 Å². The molecule has 1 aromatic rings. The Hall–Kier alpha value is -1.08. The Bertz CT molecular complexity index is 310. The van der Waals surface area contributed by atoms with Crippen LogP contribution in [0.15, 0.2) is 12.5 Å². The number of aromatic nitrogens is 2. The van der Waals surface area contributed by atoms with Crippen molar-refractivity contribution < 1.29 is 8.42 Å². The van der Waals surface area contributed by atoms with E-state index in [0.717, 1.165) is 0 Å². The molecule has 11 heavy (non-hydrogen) atoms. The molecule has 1 rings (SSSR count). The summed E-state index contributed by atoms with van der Waals surface area (Å²) in [7, 11) is -1.06. The molecule has 0 aromatic carbocycles. The van der Waals surface area contributed by atoms with Gasteiger partial charge < -0.3 is 4.57 Å². The van der Waals surface area contributed by atoms with E-state index in [-0.39, 0.29) is 5.82 Å². The van der Waals surface area contributed by atoms with Crippen LogP contribution in [-0.4, -0.2) is 18.0 Å². The third-order valence-electron chi connectivity index (χ3n) is 1.10. The molecular formula is C4H8N4O2S. The van der Waals surface area contributed by atoms with Crippen molar-refractivity contribution >= 4 is 16.7 Å². The van der Waals surface area contributed by atoms with E-state index in [2.05, 4.69) is 4.98 Å². The Morgan fingerprint density at radius 2 is 2.36 bits per heavy atom. The summed E-state index contributed by atoms with van der Waals surface area (Å²) in [5.41, 5.74) is 0. The van der Waals surface area contributed by atoms with Gasteiger partial charge in [0.25, 0.3) is 0 Å². The van der Waals surface area contributed by atoms with Gasteiger partial charge in [-0.25, -0.2) is 19.2 Å². The van der Waals surface area contributed by atoms with Crippen molar-refractivity contribution in [3.05, 3.63) is 12.5 Å². The minimum Gasteiger partial charge on any atom is -0.338 e. The third kappa shape index (κ3) is 1.69. The molecule has 0 bridgehead atoms. The molecule has 0 aliphatic heterocycles. The number of thiol groups is 1. The highest BCUT2D eigenvalue weighted by atomic mass is 32.2. The maximum Gasteiger partial charge on any atom is 0.239 e. The Morgan fingerprint density at radius 1 is 1.73 bits per heavy atom. The van der Waals surface area contributed by atoms with E-state index >= 15 is 0 Å². The fourth-order valence-corrected chi connectivity index (χ4v) is 0.872. The highest BCUT2D eigenvalue weighted by Crippen LogP contribution is 2.04. The van der Waals surface area contributed by atoms with E-state index in [1.807, 2.05) is 0 Å². The summed E-state index contributed by atoms with van der Waals surface area (Å²) >= 11 is 0. The molecule has 7 heteroatoms. The van der Waals surface area contributed by atoms with Gasteiger partial charge in [-0.15, -0.1) is 0 Å². The van der Waals surface area contributed by atoms with Gasteiger partial charge in [0, 0.05) is 13.2 Å². The van der Waals surface area contributed by atoms with E-state index < -0.39 is 10.9 Å². The number of nitrogens with zero attached hydrogens (tertiary/aromatic N) is 3. The van der Waals surface area contributed by atoms with E-state index in [0.29, 0.717) is 4.41 Å². The van der Waals surface area contributed by atoms with Gasteiger partial charge in [-0.05, 0) is 0 Å². The quantitative estimate of drug-likeness (QED) is 0.331. The summed E-state index contributed by atoms with van der Waals surface area (Å²) in [6.45, 7) is 0. The van der Waals surface area contributed by atoms with Crippen molar-refractivity contribution in [1.29, 1.82) is 0 Å². The summed E-state index contributed by atoms with van der Waals surface area (Å²) in [5.74, 6) is 5.32. The van der Waals surface area contributed by atoms with Crippen LogP contribution in [0, 0.1) is 0 Å². The fraction of sp³-hybridized carbons (Fsp3) is 0.250. The Morgan fingerprint density at radius 3 is 2.73 bits per heavy atom. The van der Waals surface area contributed by atoms with Crippen LogP contribution in [0.25, 0.3) is 0 Å². The van der Waals surface area contributed by atoms with Crippen molar-refractivity contribution in [2.75, 3.05) is 4.41 Å². The van der Waals surface area contributed by atoms with Crippen molar-refractivity contribution in [2.45, 2.75) is 0 Å². The number of rotatable bonds is 2. The molecule has 0 radical (unpaired) electrons.